The lowest BCUT2D eigenvalue weighted by molar-refractivity contribution is -0.141. The van der Waals surface area contributed by atoms with Crippen molar-refractivity contribution in [2.75, 3.05) is 12.0 Å². The van der Waals surface area contributed by atoms with Crippen molar-refractivity contribution in [2.24, 2.45) is 0 Å². The van der Waals surface area contributed by atoms with Gasteiger partial charge in [0, 0.05) is 17.3 Å². The Labute approximate surface area is 130 Å². The van der Waals surface area contributed by atoms with Crippen molar-refractivity contribution in [1.29, 1.82) is 0 Å². The molecule has 2 rings (SSSR count). The second-order valence-electron chi connectivity index (χ2n) is 4.68. The predicted molar refractivity (Wildman–Crippen MR) is 84.1 cm³/mol. The molecule has 0 radical (unpaired) electrons. The number of hydrogen-bond donors (Lipinski definition) is 2. The van der Waals surface area contributed by atoms with E-state index in [1.807, 2.05) is 29.2 Å². The molecule has 0 fully saturated rings. The number of aromatic nitrogens is 2. The zero-order valence-corrected chi connectivity index (χ0v) is 13.5. The van der Waals surface area contributed by atoms with E-state index in [-0.39, 0.29) is 12.3 Å². The number of rotatable bonds is 7. The van der Waals surface area contributed by atoms with Gasteiger partial charge in [-0.15, -0.1) is 11.3 Å². The fourth-order valence-electron chi connectivity index (χ4n) is 1.97. The smallest absolute Gasteiger partial charge is 0.326 e. The van der Waals surface area contributed by atoms with Gasteiger partial charge in [-0.3, -0.25) is 9.20 Å². The van der Waals surface area contributed by atoms with Crippen molar-refractivity contribution < 1.29 is 14.7 Å². The van der Waals surface area contributed by atoms with E-state index in [0.29, 0.717) is 12.2 Å². The van der Waals surface area contributed by atoms with Crippen LogP contribution in [-0.4, -0.2) is 44.4 Å². The fraction of sp³-hybridized carbons (Fsp3) is 0.462. The van der Waals surface area contributed by atoms with Gasteiger partial charge in [0.1, 0.15) is 6.04 Å². The molecule has 0 saturated heterocycles. The molecule has 2 aromatic rings. The van der Waals surface area contributed by atoms with Crippen LogP contribution in [0.3, 0.4) is 0 Å². The highest BCUT2D eigenvalue weighted by Crippen LogP contribution is 2.17. The Morgan fingerprint density at radius 3 is 3.00 bits per heavy atom. The lowest BCUT2D eigenvalue weighted by Crippen LogP contribution is -2.42. The highest BCUT2D eigenvalue weighted by atomic mass is 32.2. The van der Waals surface area contributed by atoms with E-state index < -0.39 is 12.0 Å². The van der Waals surface area contributed by atoms with Crippen LogP contribution in [0.1, 0.15) is 17.8 Å². The van der Waals surface area contributed by atoms with Gasteiger partial charge in [-0.05, 0) is 25.4 Å². The lowest BCUT2D eigenvalue weighted by atomic mass is 10.2. The first-order chi connectivity index (χ1) is 10.0. The number of fused-ring (bicyclic) bond motifs is 1. The van der Waals surface area contributed by atoms with Gasteiger partial charge in [-0.25, -0.2) is 9.78 Å². The quantitative estimate of drug-likeness (QED) is 0.806. The largest absolute Gasteiger partial charge is 0.480 e. The maximum atomic E-state index is 12.0. The highest BCUT2D eigenvalue weighted by molar-refractivity contribution is 7.98. The normalized spacial score (nSPS) is 12.5. The minimum atomic E-state index is -0.994. The average Bonchev–Trinajstić information content (AvgIpc) is 2.95. The van der Waals surface area contributed by atoms with Crippen LogP contribution >= 0.6 is 23.1 Å². The number of aliphatic carboxylic acids is 1. The lowest BCUT2D eigenvalue weighted by Gasteiger charge is -2.13. The molecular formula is C13H17N3O3S2. The molecule has 8 heteroatoms. The molecular weight excluding hydrogens is 310 g/mol. The molecule has 1 amide bonds. The Balaban J connectivity index is 2.01. The van der Waals surface area contributed by atoms with Crippen molar-refractivity contribution in [2.45, 2.75) is 25.8 Å². The van der Waals surface area contributed by atoms with Gasteiger partial charge in [-0.1, -0.05) is 0 Å². The fourth-order valence-corrected chi connectivity index (χ4v) is 3.36. The monoisotopic (exact) mass is 327 g/mol. The topological polar surface area (TPSA) is 83.7 Å². The zero-order valence-electron chi connectivity index (χ0n) is 11.8. The van der Waals surface area contributed by atoms with Crippen molar-refractivity contribution in [3.8, 4) is 0 Å². The summed E-state index contributed by atoms with van der Waals surface area (Å²) in [6.07, 6.45) is 4.35. The van der Waals surface area contributed by atoms with Crippen LogP contribution in [0.25, 0.3) is 4.96 Å². The van der Waals surface area contributed by atoms with Gasteiger partial charge < -0.3 is 10.4 Å². The number of imidazole rings is 1. The van der Waals surface area contributed by atoms with E-state index in [2.05, 4.69) is 10.3 Å². The van der Waals surface area contributed by atoms with Crippen LogP contribution in [0.2, 0.25) is 0 Å². The Hall–Kier alpha value is -1.54. The molecule has 114 valence electrons. The maximum Gasteiger partial charge on any atom is 0.326 e. The Kier molecular flexibility index (Phi) is 5.24. The van der Waals surface area contributed by atoms with Crippen LogP contribution in [0.15, 0.2) is 11.6 Å². The van der Waals surface area contributed by atoms with Gasteiger partial charge in [0.2, 0.25) is 5.91 Å². The number of carbonyl (C=O) groups is 2. The number of nitrogens with zero attached hydrogens (tertiary/aromatic N) is 2. The Morgan fingerprint density at radius 1 is 1.57 bits per heavy atom. The molecule has 0 aliphatic rings. The van der Waals surface area contributed by atoms with Crippen molar-refractivity contribution >= 4 is 39.9 Å². The molecule has 0 spiro atoms. The van der Waals surface area contributed by atoms with E-state index in [1.54, 1.807) is 11.8 Å². The Morgan fingerprint density at radius 2 is 2.33 bits per heavy atom. The first-order valence-corrected chi connectivity index (χ1v) is 8.71. The molecule has 0 bridgehead atoms. The first-order valence-electron chi connectivity index (χ1n) is 6.44. The van der Waals surface area contributed by atoms with Crippen molar-refractivity contribution in [1.82, 2.24) is 14.7 Å². The van der Waals surface area contributed by atoms with Crippen LogP contribution in [0.5, 0.6) is 0 Å². The molecule has 1 atom stereocenters. The number of carboxylic acids is 1. The third kappa shape index (κ3) is 3.98. The average molecular weight is 327 g/mol. The number of carbonyl (C=O) groups excluding carboxylic acids is 1. The summed E-state index contributed by atoms with van der Waals surface area (Å²) in [4.78, 5) is 28.3. The van der Waals surface area contributed by atoms with Crippen LogP contribution < -0.4 is 5.32 Å². The van der Waals surface area contributed by atoms with Crippen LogP contribution in [-0.2, 0) is 16.0 Å². The predicted octanol–water partition coefficient (Wildman–Crippen LogP) is 1.57. The van der Waals surface area contributed by atoms with Gasteiger partial charge in [-0.2, -0.15) is 11.8 Å². The number of thiazole rings is 1. The number of aryl methyl sites for hydroxylation is 1. The molecule has 0 aliphatic heterocycles. The van der Waals surface area contributed by atoms with E-state index in [9.17, 15) is 9.59 Å². The van der Waals surface area contributed by atoms with E-state index >= 15 is 0 Å². The van der Waals surface area contributed by atoms with Gasteiger partial charge in [0.05, 0.1) is 12.1 Å². The van der Waals surface area contributed by atoms with Gasteiger partial charge in [0.25, 0.3) is 0 Å². The number of amides is 1. The van der Waals surface area contributed by atoms with E-state index in [0.717, 1.165) is 16.3 Å². The number of nitrogens with one attached hydrogen (secondary N) is 1. The molecule has 0 aromatic carbocycles. The summed E-state index contributed by atoms with van der Waals surface area (Å²) in [5, 5.41) is 13.6. The molecule has 2 N–H and O–H groups in total. The standard InChI is InChI=1S/C13H17N3O3S2/c1-8-6-16-9(7-21-13(16)14-8)5-11(17)15-10(12(18)19)3-4-20-2/h6-7,10H,3-5H2,1-2H3,(H,15,17)(H,18,19). The van der Waals surface area contributed by atoms with Crippen LogP contribution in [0, 0.1) is 6.92 Å². The van der Waals surface area contributed by atoms with E-state index in [1.165, 1.54) is 11.3 Å². The van der Waals surface area contributed by atoms with E-state index in [4.69, 9.17) is 5.11 Å². The minimum absolute atomic E-state index is 0.152. The SMILES string of the molecule is CSCCC(NC(=O)Cc1csc2nc(C)cn12)C(=O)O. The summed E-state index contributed by atoms with van der Waals surface area (Å²) in [5.74, 6) is -0.582. The Bertz CT molecular complexity index is 650. The molecule has 21 heavy (non-hydrogen) atoms. The molecule has 1 unspecified atom stereocenters. The van der Waals surface area contributed by atoms with Gasteiger partial charge in [0.15, 0.2) is 4.96 Å². The van der Waals surface area contributed by atoms with Gasteiger partial charge >= 0.3 is 5.97 Å². The highest BCUT2D eigenvalue weighted by Gasteiger charge is 2.20. The summed E-state index contributed by atoms with van der Waals surface area (Å²) in [5.41, 5.74) is 1.72. The summed E-state index contributed by atoms with van der Waals surface area (Å²) in [7, 11) is 0. The number of thioether (sulfide) groups is 1. The number of carboxylic acid groups (broad SMARTS) is 1. The molecule has 0 saturated carbocycles. The summed E-state index contributed by atoms with van der Waals surface area (Å²) in [6, 6.07) is -0.830. The first kappa shape index (κ1) is 15.8. The summed E-state index contributed by atoms with van der Waals surface area (Å²) in [6.45, 7) is 1.90. The third-order valence-electron chi connectivity index (χ3n) is 2.99. The summed E-state index contributed by atoms with van der Waals surface area (Å²) < 4.78 is 1.87. The van der Waals surface area contributed by atoms with Crippen LogP contribution in [0.4, 0.5) is 0 Å². The summed E-state index contributed by atoms with van der Waals surface area (Å²) >= 11 is 3.03. The second kappa shape index (κ2) is 6.95. The van der Waals surface area contributed by atoms with Crippen molar-refractivity contribution in [3.63, 3.8) is 0 Å². The molecule has 0 aliphatic carbocycles. The molecule has 2 aromatic heterocycles. The molecule has 6 nitrogen and oxygen atoms in total. The third-order valence-corrected chi connectivity index (χ3v) is 4.52. The molecule has 2 heterocycles. The second-order valence-corrected chi connectivity index (χ2v) is 6.50. The zero-order chi connectivity index (χ0) is 15.4. The number of hydrogen-bond acceptors (Lipinski definition) is 5. The minimum Gasteiger partial charge on any atom is -0.480 e. The van der Waals surface area contributed by atoms with Crippen molar-refractivity contribution in [3.05, 3.63) is 23.0 Å². The maximum absolute atomic E-state index is 12.0.